The number of amides is 1. The second-order valence-electron chi connectivity index (χ2n) is 7.43. The molecule has 2 heterocycles. The molecular weight excluding hydrogens is 309 g/mol. The number of carbonyl (C=O) groups excluding carboxylic acids is 1. The number of methoxy groups -OCH3 is 1. The first-order chi connectivity index (χ1) is 11.3. The van der Waals surface area contributed by atoms with Crippen LogP contribution in [0.2, 0.25) is 0 Å². The largest absolute Gasteiger partial charge is 0.497 e. The number of hydrogen-bond acceptors (Lipinski definition) is 3. The lowest BCUT2D eigenvalue weighted by Gasteiger charge is -2.35. The molecule has 0 spiro atoms. The fourth-order valence-electron chi connectivity index (χ4n) is 3.51. The Balaban J connectivity index is 1.86. The van der Waals surface area contributed by atoms with Crippen molar-refractivity contribution in [2.45, 2.75) is 57.7 Å². The van der Waals surface area contributed by atoms with Gasteiger partial charge in [0.2, 0.25) is 0 Å². The van der Waals surface area contributed by atoms with Gasteiger partial charge in [-0.15, -0.1) is 0 Å². The summed E-state index contributed by atoms with van der Waals surface area (Å²) in [4.78, 5) is 14.3. The Morgan fingerprint density at radius 2 is 2.04 bits per heavy atom. The second kappa shape index (κ2) is 6.11. The Morgan fingerprint density at radius 3 is 2.67 bits per heavy atom. The van der Waals surface area contributed by atoms with Crippen molar-refractivity contribution in [2.75, 3.05) is 7.11 Å². The third-order valence-corrected chi connectivity index (χ3v) is 4.52. The fourth-order valence-corrected chi connectivity index (χ4v) is 3.51. The maximum atomic E-state index is 14.2. The highest BCUT2D eigenvalue weighted by Gasteiger charge is 2.41. The van der Waals surface area contributed by atoms with Crippen LogP contribution in [0.5, 0.6) is 5.75 Å². The van der Waals surface area contributed by atoms with Gasteiger partial charge in [-0.2, -0.15) is 0 Å². The van der Waals surface area contributed by atoms with Crippen molar-refractivity contribution >= 4 is 11.7 Å². The molecule has 2 unspecified atom stereocenters. The Labute approximate surface area is 142 Å². The van der Waals surface area contributed by atoms with E-state index in [4.69, 9.17) is 9.47 Å². The van der Waals surface area contributed by atoms with Gasteiger partial charge < -0.3 is 9.47 Å². The van der Waals surface area contributed by atoms with Crippen molar-refractivity contribution in [1.82, 2.24) is 4.90 Å². The Morgan fingerprint density at radius 1 is 1.29 bits per heavy atom. The minimum atomic E-state index is -0.514. The number of hydrogen-bond donors (Lipinski definition) is 0. The van der Waals surface area contributed by atoms with Gasteiger partial charge in [0.05, 0.1) is 13.2 Å². The van der Waals surface area contributed by atoms with Crippen LogP contribution in [0.3, 0.4) is 0 Å². The van der Waals surface area contributed by atoms with E-state index in [0.29, 0.717) is 17.7 Å². The van der Waals surface area contributed by atoms with E-state index in [1.807, 2.05) is 31.7 Å². The summed E-state index contributed by atoms with van der Waals surface area (Å²) in [5.74, 6) is 0.376. The van der Waals surface area contributed by atoms with E-state index in [0.717, 1.165) is 18.4 Å². The molecule has 2 aliphatic rings. The summed E-state index contributed by atoms with van der Waals surface area (Å²) in [6.07, 6.45) is 4.16. The SMILES string of the molecule is COc1ccc(F)c(C2=CC3CCC(C2)N3C(=O)OC(C)(C)C)c1. The average Bonchev–Trinajstić information content (AvgIpc) is 2.77. The van der Waals surface area contributed by atoms with Crippen molar-refractivity contribution in [3.63, 3.8) is 0 Å². The number of benzene rings is 1. The second-order valence-corrected chi connectivity index (χ2v) is 7.43. The molecule has 1 fully saturated rings. The normalized spacial score (nSPS) is 23.0. The first-order valence-electron chi connectivity index (χ1n) is 8.34. The lowest BCUT2D eigenvalue weighted by atomic mass is 9.94. The predicted molar refractivity (Wildman–Crippen MR) is 90.4 cm³/mol. The van der Waals surface area contributed by atoms with Gasteiger partial charge >= 0.3 is 6.09 Å². The summed E-state index contributed by atoms with van der Waals surface area (Å²) >= 11 is 0. The molecule has 1 amide bonds. The third-order valence-electron chi connectivity index (χ3n) is 4.52. The maximum Gasteiger partial charge on any atom is 0.411 e. The Hall–Kier alpha value is -2.04. The summed E-state index contributed by atoms with van der Waals surface area (Å²) in [6, 6.07) is 4.81. The molecule has 0 saturated carbocycles. The molecule has 24 heavy (non-hydrogen) atoms. The molecule has 2 aliphatic heterocycles. The van der Waals surface area contributed by atoms with Crippen LogP contribution in [0.1, 0.15) is 45.6 Å². The van der Waals surface area contributed by atoms with E-state index in [9.17, 15) is 9.18 Å². The number of carbonyl (C=O) groups is 1. The van der Waals surface area contributed by atoms with Crippen molar-refractivity contribution in [2.24, 2.45) is 0 Å². The van der Waals surface area contributed by atoms with Crippen LogP contribution >= 0.6 is 0 Å². The van der Waals surface area contributed by atoms with Crippen LogP contribution in [0, 0.1) is 5.82 Å². The molecule has 5 heteroatoms. The van der Waals surface area contributed by atoms with E-state index in [1.54, 1.807) is 19.2 Å². The number of nitrogens with zero attached hydrogens (tertiary/aromatic N) is 1. The van der Waals surface area contributed by atoms with Crippen LogP contribution in [-0.4, -0.2) is 35.8 Å². The highest BCUT2D eigenvalue weighted by Crippen LogP contribution is 2.40. The average molecular weight is 333 g/mol. The van der Waals surface area contributed by atoms with Crippen molar-refractivity contribution in [3.8, 4) is 5.75 Å². The zero-order valence-corrected chi connectivity index (χ0v) is 14.6. The van der Waals surface area contributed by atoms with Gasteiger partial charge in [-0.25, -0.2) is 9.18 Å². The minimum absolute atomic E-state index is 0.0285. The molecule has 2 bridgehead atoms. The highest BCUT2D eigenvalue weighted by molar-refractivity contribution is 5.75. The van der Waals surface area contributed by atoms with E-state index >= 15 is 0 Å². The summed E-state index contributed by atoms with van der Waals surface area (Å²) in [7, 11) is 1.57. The fraction of sp³-hybridized carbons (Fsp3) is 0.526. The van der Waals surface area contributed by atoms with E-state index < -0.39 is 5.60 Å². The molecule has 0 aromatic heterocycles. The van der Waals surface area contributed by atoms with E-state index in [2.05, 4.69) is 0 Å². The van der Waals surface area contributed by atoms with Crippen LogP contribution in [-0.2, 0) is 4.74 Å². The van der Waals surface area contributed by atoms with Gasteiger partial charge in [-0.1, -0.05) is 6.08 Å². The predicted octanol–water partition coefficient (Wildman–Crippen LogP) is 4.39. The van der Waals surface area contributed by atoms with Gasteiger partial charge in [0.25, 0.3) is 0 Å². The summed E-state index contributed by atoms with van der Waals surface area (Å²) < 4.78 is 25.0. The van der Waals surface area contributed by atoms with Gasteiger partial charge in [0, 0.05) is 11.6 Å². The lowest BCUT2D eigenvalue weighted by molar-refractivity contribution is 0.0175. The molecule has 3 rings (SSSR count). The molecule has 2 atom stereocenters. The molecule has 0 aliphatic carbocycles. The lowest BCUT2D eigenvalue weighted by Crippen LogP contribution is -2.45. The zero-order chi connectivity index (χ0) is 17.5. The Kier molecular flexibility index (Phi) is 4.28. The maximum absolute atomic E-state index is 14.2. The van der Waals surface area contributed by atoms with E-state index in [-0.39, 0.29) is 24.0 Å². The third kappa shape index (κ3) is 3.25. The number of rotatable bonds is 2. The van der Waals surface area contributed by atoms with Crippen molar-refractivity contribution in [3.05, 3.63) is 35.7 Å². The minimum Gasteiger partial charge on any atom is -0.497 e. The Bertz CT molecular complexity index is 678. The topological polar surface area (TPSA) is 38.8 Å². The molecule has 1 saturated heterocycles. The molecule has 1 aromatic carbocycles. The molecule has 1 aromatic rings. The molecule has 130 valence electrons. The molecule has 4 nitrogen and oxygen atoms in total. The summed E-state index contributed by atoms with van der Waals surface area (Å²) in [5, 5.41) is 0. The van der Waals surface area contributed by atoms with Crippen LogP contribution in [0.4, 0.5) is 9.18 Å². The molecule has 0 N–H and O–H groups in total. The first kappa shape index (κ1) is 16.8. The van der Waals surface area contributed by atoms with E-state index in [1.165, 1.54) is 6.07 Å². The standard InChI is InChI=1S/C19H24FNO3/c1-19(2,3)24-18(22)21-13-5-6-14(21)10-12(9-13)16-11-15(23-4)7-8-17(16)20/h7-9,11,13-14H,5-6,10H2,1-4H3. The van der Waals surface area contributed by atoms with Gasteiger partial charge in [0.1, 0.15) is 17.2 Å². The molecular formula is C19H24FNO3. The van der Waals surface area contributed by atoms with Crippen molar-refractivity contribution in [1.29, 1.82) is 0 Å². The van der Waals surface area contributed by atoms with Crippen LogP contribution in [0.25, 0.3) is 5.57 Å². The van der Waals surface area contributed by atoms with Gasteiger partial charge in [-0.3, -0.25) is 4.90 Å². The van der Waals surface area contributed by atoms with Crippen LogP contribution < -0.4 is 4.74 Å². The number of fused-ring (bicyclic) bond motifs is 2. The van der Waals surface area contributed by atoms with Crippen molar-refractivity contribution < 1.29 is 18.7 Å². The number of ether oxygens (including phenoxy) is 2. The highest BCUT2D eigenvalue weighted by atomic mass is 19.1. The summed E-state index contributed by atoms with van der Waals surface area (Å²) in [5.41, 5.74) is 0.994. The van der Waals surface area contributed by atoms with Gasteiger partial charge in [-0.05, 0) is 63.8 Å². The molecule has 0 radical (unpaired) electrons. The number of halogens is 1. The zero-order valence-electron chi connectivity index (χ0n) is 14.6. The van der Waals surface area contributed by atoms with Crippen LogP contribution in [0.15, 0.2) is 24.3 Å². The first-order valence-corrected chi connectivity index (χ1v) is 8.34. The summed E-state index contributed by atoms with van der Waals surface area (Å²) in [6.45, 7) is 5.59. The smallest absolute Gasteiger partial charge is 0.411 e. The van der Waals surface area contributed by atoms with Gasteiger partial charge in [0.15, 0.2) is 0 Å². The monoisotopic (exact) mass is 333 g/mol. The quantitative estimate of drug-likeness (QED) is 0.806.